The zero-order valence-electron chi connectivity index (χ0n) is 12.4. The average molecular weight is 258 g/mol. The molecule has 1 unspecified atom stereocenters. The van der Waals surface area contributed by atoms with Gasteiger partial charge in [0.2, 0.25) is 0 Å². The summed E-state index contributed by atoms with van der Waals surface area (Å²) in [5.74, 6) is -1.42. The normalized spacial score (nSPS) is 13.0. The third-order valence-corrected chi connectivity index (χ3v) is 2.61. The fraction of sp³-hybridized carbons (Fsp3) is 0.846. The SMILES string of the molecule is CCN(CC(C)C(=O)O)C(=O)N(C)CC(C)(C)C. The first-order valence-electron chi connectivity index (χ1n) is 6.31. The smallest absolute Gasteiger partial charge is 0.319 e. The van der Waals surface area contributed by atoms with Crippen molar-refractivity contribution in [3.63, 3.8) is 0 Å². The van der Waals surface area contributed by atoms with Gasteiger partial charge in [-0.1, -0.05) is 27.7 Å². The number of hydrogen-bond donors (Lipinski definition) is 1. The first-order valence-corrected chi connectivity index (χ1v) is 6.31. The number of urea groups is 1. The van der Waals surface area contributed by atoms with E-state index < -0.39 is 11.9 Å². The minimum atomic E-state index is -0.875. The summed E-state index contributed by atoms with van der Waals surface area (Å²) in [6, 6.07) is -0.111. The standard InChI is InChI=1S/C13H26N2O3/c1-7-15(8-10(2)11(16)17)12(18)14(6)9-13(3,4)5/h10H,7-9H2,1-6H3,(H,16,17). The lowest BCUT2D eigenvalue weighted by Gasteiger charge is -2.32. The Morgan fingerprint density at radius 3 is 2.11 bits per heavy atom. The first kappa shape index (κ1) is 16.7. The van der Waals surface area contributed by atoms with E-state index in [-0.39, 0.29) is 18.0 Å². The molecule has 0 aliphatic rings. The van der Waals surface area contributed by atoms with E-state index in [0.29, 0.717) is 13.1 Å². The maximum absolute atomic E-state index is 12.2. The zero-order chi connectivity index (χ0) is 14.5. The molecule has 18 heavy (non-hydrogen) atoms. The second-order valence-corrected chi connectivity index (χ2v) is 5.98. The van der Waals surface area contributed by atoms with Crippen LogP contribution in [0.2, 0.25) is 0 Å². The minimum absolute atomic E-state index is 0.0300. The van der Waals surface area contributed by atoms with Gasteiger partial charge in [0.25, 0.3) is 0 Å². The van der Waals surface area contributed by atoms with Gasteiger partial charge >= 0.3 is 12.0 Å². The van der Waals surface area contributed by atoms with Crippen molar-refractivity contribution in [2.75, 3.05) is 26.7 Å². The molecule has 0 radical (unpaired) electrons. The molecule has 0 aromatic carbocycles. The fourth-order valence-electron chi connectivity index (χ4n) is 1.77. The van der Waals surface area contributed by atoms with E-state index >= 15 is 0 Å². The predicted octanol–water partition coefficient (Wildman–Crippen LogP) is 2.13. The minimum Gasteiger partial charge on any atom is -0.481 e. The lowest BCUT2D eigenvalue weighted by atomic mass is 9.96. The van der Waals surface area contributed by atoms with E-state index in [1.54, 1.807) is 23.8 Å². The van der Waals surface area contributed by atoms with Crippen molar-refractivity contribution in [3.8, 4) is 0 Å². The van der Waals surface area contributed by atoms with E-state index in [1.165, 1.54) is 0 Å². The number of rotatable bonds is 5. The lowest BCUT2D eigenvalue weighted by Crippen LogP contribution is -2.46. The molecule has 0 saturated carbocycles. The van der Waals surface area contributed by atoms with E-state index in [1.807, 2.05) is 6.92 Å². The molecule has 1 N–H and O–H groups in total. The molecular weight excluding hydrogens is 232 g/mol. The summed E-state index contributed by atoms with van der Waals surface area (Å²) >= 11 is 0. The molecule has 106 valence electrons. The number of carboxylic acids is 1. The van der Waals surface area contributed by atoms with Crippen molar-refractivity contribution < 1.29 is 14.7 Å². The van der Waals surface area contributed by atoms with E-state index in [4.69, 9.17) is 5.11 Å². The van der Waals surface area contributed by atoms with Gasteiger partial charge in [-0.2, -0.15) is 0 Å². The van der Waals surface area contributed by atoms with Crippen LogP contribution in [0.4, 0.5) is 4.79 Å². The summed E-state index contributed by atoms with van der Waals surface area (Å²) in [4.78, 5) is 26.2. The molecule has 0 aromatic rings. The molecule has 5 nitrogen and oxygen atoms in total. The quantitative estimate of drug-likeness (QED) is 0.821. The number of aliphatic carboxylic acids is 1. The molecule has 0 aromatic heterocycles. The second-order valence-electron chi connectivity index (χ2n) is 5.98. The van der Waals surface area contributed by atoms with Crippen LogP contribution in [0.3, 0.4) is 0 Å². The van der Waals surface area contributed by atoms with Crippen molar-refractivity contribution in [1.82, 2.24) is 9.80 Å². The molecule has 0 rings (SSSR count). The summed E-state index contributed by atoms with van der Waals surface area (Å²) in [6.07, 6.45) is 0. The number of carboxylic acid groups (broad SMARTS) is 1. The number of amides is 2. The highest BCUT2D eigenvalue weighted by atomic mass is 16.4. The Morgan fingerprint density at radius 1 is 1.28 bits per heavy atom. The number of nitrogens with zero attached hydrogens (tertiary/aromatic N) is 2. The highest BCUT2D eigenvalue weighted by Gasteiger charge is 2.24. The van der Waals surface area contributed by atoms with Crippen LogP contribution < -0.4 is 0 Å². The van der Waals surface area contributed by atoms with Crippen LogP contribution in [0.15, 0.2) is 0 Å². The average Bonchev–Trinajstić information content (AvgIpc) is 2.21. The Balaban J connectivity index is 4.56. The molecule has 5 heteroatoms. The fourth-order valence-corrected chi connectivity index (χ4v) is 1.77. The number of carbonyl (C=O) groups is 2. The largest absolute Gasteiger partial charge is 0.481 e. The van der Waals surface area contributed by atoms with Gasteiger partial charge in [-0.25, -0.2) is 4.79 Å². The van der Waals surface area contributed by atoms with E-state index in [0.717, 1.165) is 0 Å². The van der Waals surface area contributed by atoms with Crippen LogP contribution in [-0.4, -0.2) is 53.6 Å². The molecule has 0 heterocycles. The molecule has 2 amide bonds. The summed E-state index contributed by atoms with van der Waals surface area (Å²) in [7, 11) is 1.75. The predicted molar refractivity (Wildman–Crippen MR) is 71.5 cm³/mol. The Hall–Kier alpha value is -1.26. The van der Waals surface area contributed by atoms with Crippen LogP contribution in [-0.2, 0) is 4.79 Å². The maximum Gasteiger partial charge on any atom is 0.319 e. The van der Waals surface area contributed by atoms with Crippen molar-refractivity contribution >= 4 is 12.0 Å². The molecule has 0 aliphatic heterocycles. The Labute approximate surface area is 110 Å². The van der Waals surface area contributed by atoms with Crippen LogP contribution in [0, 0.1) is 11.3 Å². The van der Waals surface area contributed by atoms with Crippen LogP contribution in [0.5, 0.6) is 0 Å². The monoisotopic (exact) mass is 258 g/mol. The summed E-state index contributed by atoms with van der Waals surface area (Å²) < 4.78 is 0. The van der Waals surface area contributed by atoms with Gasteiger partial charge in [0, 0.05) is 26.7 Å². The number of hydrogen-bond acceptors (Lipinski definition) is 2. The zero-order valence-corrected chi connectivity index (χ0v) is 12.4. The van der Waals surface area contributed by atoms with Gasteiger partial charge in [-0.3, -0.25) is 4.79 Å². The van der Waals surface area contributed by atoms with Crippen molar-refractivity contribution in [2.45, 2.75) is 34.6 Å². The van der Waals surface area contributed by atoms with Crippen LogP contribution in [0.25, 0.3) is 0 Å². The van der Waals surface area contributed by atoms with Gasteiger partial charge in [0.15, 0.2) is 0 Å². The van der Waals surface area contributed by atoms with Gasteiger partial charge in [0.1, 0.15) is 0 Å². The third-order valence-electron chi connectivity index (χ3n) is 2.61. The van der Waals surface area contributed by atoms with E-state index in [9.17, 15) is 9.59 Å². The second kappa shape index (κ2) is 6.61. The highest BCUT2D eigenvalue weighted by molar-refractivity contribution is 5.76. The molecule has 0 bridgehead atoms. The van der Waals surface area contributed by atoms with E-state index in [2.05, 4.69) is 20.8 Å². The molecule has 0 saturated heterocycles. The third kappa shape index (κ3) is 5.89. The van der Waals surface area contributed by atoms with Gasteiger partial charge in [-0.15, -0.1) is 0 Å². The topological polar surface area (TPSA) is 60.9 Å². The lowest BCUT2D eigenvalue weighted by molar-refractivity contribution is -0.141. The Morgan fingerprint density at radius 2 is 1.78 bits per heavy atom. The van der Waals surface area contributed by atoms with Gasteiger partial charge < -0.3 is 14.9 Å². The molecule has 0 aliphatic carbocycles. The summed E-state index contributed by atoms with van der Waals surface area (Å²) in [6.45, 7) is 11.1. The van der Waals surface area contributed by atoms with Crippen molar-refractivity contribution in [2.24, 2.45) is 11.3 Å². The molecule has 1 atom stereocenters. The summed E-state index contributed by atoms with van der Waals surface area (Å²) in [5, 5.41) is 8.88. The van der Waals surface area contributed by atoms with Gasteiger partial charge in [-0.05, 0) is 12.3 Å². The molecule has 0 fully saturated rings. The molecule has 0 spiro atoms. The summed E-state index contributed by atoms with van der Waals surface area (Å²) in [5.41, 5.74) is 0.0300. The van der Waals surface area contributed by atoms with Crippen molar-refractivity contribution in [1.29, 1.82) is 0 Å². The maximum atomic E-state index is 12.2. The van der Waals surface area contributed by atoms with Crippen LogP contribution in [0.1, 0.15) is 34.6 Å². The Kier molecular flexibility index (Phi) is 6.15. The first-order chi connectivity index (χ1) is 8.08. The molecular formula is C13H26N2O3. The van der Waals surface area contributed by atoms with Crippen molar-refractivity contribution in [3.05, 3.63) is 0 Å². The van der Waals surface area contributed by atoms with Crippen LogP contribution >= 0.6 is 0 Å². The van der Waals surface area contributed by atoms with Gasteiger partial charge in [0.05, 0.1) is 5.92 Å². The Bertz CT molecular complexity index is 297. The number of carbonyl (C=O) groups excluding carboxylic acids is 1. The highest BCUT2D eigenvalue weighted by Crippen LogP contribution is 2.15.